The lowest BCUT2D eigenvalue weighted by atomic mass is 10.0. The number of ether oxygens (including phenoxy) is 2. The summed E-state index contributed by atoms with van der Waals surface area (Å²) in [6.45, 7) is 6.38. The van der Waals surface area contributed by atoms with Gasteiger partial charge in [-0.25, -0.2) is 19.6 Å². The molecular weight excluding hydrogens is 943 g/mol. The molecule has 2 atom stereocenters. The van der Waals surface area contributed by atoms with Crippen LogP contribution in [-0.4, -0.2) is 119 Å². The zero-order valence-corrected chi connectivity index (χ0v) is 40.7. The van der Waals surface area contributed by atoms with Crippen LogP contribution >= 0.6 is 0 Å². The highest BCUT2D eigenvalue weighted by Crippen LogP contribution is 2.27. The molecule has 23 heteroatoms. The molecular formula is C50H61N13O10. The van der Waals surface area contributed by atoms with Crippen LogP contribution in [0, 0.1) is 5.92 Å². The number of hydrogen-bond donors (Lipinski definition) is 8. The lowest BCUT2D eigenvalue weighted by molar-refractivity contribution is -0.137. The maximum absolute atomic E-state index is 13.6. The SMILES string of the molecule is CC(C)[C@H](NC(=O)CCCCCN1C(=O)C=CC1=O)C(=O)N[C@@H](CCCNC(N)=O)C(=O)Nc1ccc(COC(=O)NCc2cccc(-c3cnc(N)c(C(=O)Nc4cnccc4N4CCOCC4)n3)c2)cc1. The number of anilines is 4. The molecule has 0 unspecified atom stereocenters. The number of urea groups is 1. The van der Waals surface area contributed by atoms with Crippen molar-refractivity contribution in [1.29, 1.82) is 0 Å². The summed E-state index contributed by atoms with van der Waals surface area (Å²) in [6.07, 6.45) is 8.52. The van der Waals surface area contributed by atoms with Gasteiger partial charge in [-0.15, -0.1) is 0 Å². The number of morpholine rings is 1. The molecule has 4 aromatic rings. The van der Waals surface area contributed by atoms with Crippen LogP contribution in [0.3, 0.4) is 0 Å². The molecule has 2 aromatic heterocycles. The summed E-state index contributed by atoms with van der Waals surface area (Å²) in [4.78, 5) is 117. The second-order valence-electron chi connectivity index (χ2n) is 17.5. The van der Waals surface area contributed by atoms with Gasteiger partial charge < -0.3 is 57.7 Å². The van der Waals surface area contributed by atoms with E-state index in [0.717, 1.165) is 10.6 Å². The lowest BCUT2D eigenvalue weighted by Gasteiger charge is -2.30. The van der Waals surface area contributed by atoms with E-state index in [2.05, 4.69) is 51.8 Å². The molecule has 0 spiro atoms. The molecule has 6 rings (SSSR count). The topological polar surface area (TPSA) is 324 Å². The minimum absolute atomic E-state index is 0.0503. The molecule has 73 heavy (non-hydrogen) atoms. The number of nitrogen functional groups attached to an aromatic ring is 1. The molecule has 10 N–H and O–H groups in total. The number of imide groups is 1. The third-order valence-electron chi connectivity index (χ3n) is 11.7. The van der Waals surface area contributed by atoms with Crippen LogP contribution in [0.1, 0.15) is 74.0 Å². The Bertz CT molecular complexity index is 2640. The number of primary amides is 1. The summed E-state index contributed by atoms with van der Waals surface area (Å²) in [5.41, 5.74) is 15.3. The number of carbonyl (C=O) groups excluding carboxylic acids is 8. The zero-order chi connectivity index (χ0) is 52.3. The number of benzene rings is 2. The zero-order valence-electron chi connectivity index (χ0n) is 40.7. The largest absolute Gasteiger partial charge is 0.445 e. The van der Waals surface area contributed by atoms with Crippen molar-refractivity contribution in [2.24, 2.45) is 11.7 Å². The normalized spacial score (nSPS) is 14.0. The molecule has 2 aromatic carbocycles. The molecule has 1 fully saturated rings. The Hall–Kier alpha value is -8.47. The number of nitrogens with zero attached hydrogens (tertiary/aromatic N) is 5. The molecule has 2 aliphatic rings. The van der Waals surface area contributed by atoms with Gasteiger partial charge in [0.2, 0.25) is 17.7 Å². The Labute approximate surface area is 421 Å². The molecule has 4 heterocycles. The predicted octanol–water partition coefficient (Wildman–Crippen LogP) is 3.13. The Morgan fingerprint density at radius 3 is 2.32 bits per heavy atom. The number of unbranched alkanes of at least 4 members (excludes halogenated alkanes) is 2. The lowest BCUT2D eigenvalue weighted by Crippen LogP contribution is -2.54. The average molecular weight is 1000 g/mol. The van der Waals surface area contributed by atoms with Gasteiger partial charge in [0.25, 0.3) is 17.7 Å². The number of rotatable bonds is 24. The second kappa shape index (κ2) is 26.7. The van der Waals surface area contributed by atoms with Crippen LogP contribution in [0.25, 0.3) is 11.3 Å². The van der Waals surface area contributed by atoms with Crippen LogP contribution in [0.4, 0.5) is 32.5 Å². The summed E-state index contributed by atoms with van der Waals surface area (Å²) in [5.74, 6) is -3.15. The van der Waals surface area contributed by atoms with E-state index < -0.39 is 41.9 Å². The van der Waals surface area contributed by atoms with Gasteiger partial charge in [-0.3, -0.25) is 38.7 Å². The van der Waals surface area contributed by atoms with E-state index in [4.69, 9.17) is 20.9 Å². The third kappa shape index (κ3) is 16.3. The average Bonchev–Trinajstić information content (AvgIpc) is 3.70. The van der Waals surface area contributed by atoms with Crippen molar-refractivity contribution in [2.75, 3.05) is 60.7 Å². The van der Waals surface area contributed by atoms with Gasteiger partial charge in [0, 0.05) is 68.7 Å². The van der Waals surface area contributed by atoms with Crippen molar-refractivity contribution >= 4 is 70.4 Å². The minimum atomic E-state index is -1.06. The summed E-state index contributed by atoms with van der Waals surface area (Å²) in [6, 6.07) is 12.8. The van der Waals surface area contributed by atoms with Crippen molar-refractivity contribution in [3.63, 3.8) is 0 Å². The van der Waals surface area contributed by atoms with Crippen molar-refractivity contribution in [2.45, 2.75) is 77.6 Å². The van der Waals surface area contributed by atoms with Crippen molar-refractivity contribution in [1.82, 2.24) is 41.1 Å². The highest BCUT2D eigenvalue weighted by atomic mass is 16.5. The van der Waals surface area contributed by atoms with E-state index in [1.807, 2.05) is 6.07 Å². The van der Waals surface area contributed by atoms with Crippen molar-refractivity contribution in [3.05, 3.63) is 102 Å². The first kappa shape index (κ1) is 53.9. The molecule has 0 saturated carbocycles. The summed E-state index contributed by atoms with van der Waals surface area (Å²) in [7, 11) is 0. The highest BCUT2D eigenvalue weighted by Gasteiger charge is 2.29. The van der Waals surface area contributed by atoms with Gasteiger partial charge in [0.05, 0.1) is 42.7 Å². The molecule has 2 aliphatic heterocycles. The highest BCUT2D eigenvalue weighted by molar-refractivity contribution is 6.13. The number of nitrogens with one attached hydrogen (secondary N) is 6. The van der Waals surface area contributed by atoms with Crippen LogP contribution in [-0.2, 0) is 46.6 Å². The first-order valence-corrected chi connectivity index (χ1v) is 23.9. The molecule has 386 valence electrons. The minimum Gasteiger partial charge on any atom is -0.445 e. The fraction of sp³-hybridized carbons (Fsp3) is 0.380. The van der Waals surface area contributed by atoms with Crippen LogP contribution in [0.15, 0.2) is 85.3 Å². The molecule has 23 nitrogen and oxygen atoms in total. The molecule has 9 amide bonds. The second-order valence-corrected chi connectivity index (χ2v) is 17.5. The van der Waals surface area contributed by atoms with E-state index in [1.165, 1.54) is 18.3 Å². The van der Waals surface area contributed by atoms with Gasteiger partial charge in [0.15, 0.2) is 11.5 Å². The van der Waals surface area contributed by atoms with Crippen molar-refractivity contribution < 1.29 is 47.8 Å². The van der Waals surface area contributed by atoms with E-state index in [-0.39, 0.29) is 80.7 Å². The number of pyridine rings is 1. The van der Waals surface area contributed by atoms with Crippen molar-refractivity contribution in [3.8, 4) is 11.3 Å². The van der Waals surface area contributed by atoms with Crippen LogP contribution < -0.4 is 48.3 Å². The molecule has 0 bridgehead atoms. The van der Waals surface area contributed by atoms with Gasteiger partial charge in [-0.05, 0) is 67.0 Å². The fourth-order valence-electron chi connectivity index (χ4n) is 7.79. The summed E-state index contributed by atoms with van der Waals surface area (Å²) >= 11 is 0. The van der Waals surface area contributed by atoms with Crippen LogP contribution in [0.2, 0.25) is 0 Å². The standard InChI is InChI=1S/C50H61N13O10/c1-31(2)43(61-40(64)11-4-3-5-21-63-41(65)16-17-42(63)66)47(68)59-36(10-7-19-54-49(52)70)46(67)57-35-14-12-32(13-15-35)30-73-50(71)56-27-33-8-6-9-34(26-33)37-29-55-45(51)44(58-37)48(69)60-38-28-53-20-18-39(38)62-22-24-72-25-23-62/h6,8-9,12-18,20,26,28-29,31,36,43H,3-5,7,10-11,19,21-25,27,30H2,1-2H3,(H2,51,55)(H,56,71)(H,57,67)(H,59,68)(H,60,69)(H,61,64)(H3,52,54,70)/t36-,43-/m0/s1. The maximum atomic E-state index is 13.6. The first-order chi connectivity index (χ1) is 35.1. The number of carbonyl (C=O) groups is 8. The molecule has 0 radical (unpaired) electrons. The predicted molar refractivity (Wildman–Crippen MR) is 269 cm³/mol. The monoisotopic (exact) mass is 1000 g/mol. The van der Waals surface area contributed by atoms with Gasteiger partial charge in [0.1, 0.15) is 18.7 Å². The number of hydrogen-bond acceptors (Lipinski definition) is 15. The summed E-state index contributed by atoms with van der Waals surface area (Å²) < 4.78 is 10.9. The van der Waals surface area contributed by atoms with E-state index >= 15 is 0 Å². The quantitative estimate of drug-likeness (QED) is 0.0369. The molecule has 0 aliphatic carbocycles. The third-order valence-corrected chi connectivity index (χ3v) is 11.7. The van der Waals surface area contributed by atoms with Gasteiger partial charge in [-0.1, -0.05) is 50.6 Å². The van der Waals surface area contributed by atoms with E-state index in [0.29, 0.717) is 79.3 Å². The van der Waals surface area contributed by atoms with E-state index in [9.17, 15) is 38.4 Å². The van der Waals surface area contributed by atoms with Gasteiger partial charge >= 0.3 is 12.1 Å². The number of aromatic nitrogens is 3. The Morgan fingerprint density at radius 2 is 1.59 bits per heavy atom. The fourth-order valence-corrected chi connectivity index (χ4v) is 7.79. The van der Waals surface area contributed by atoms with Crippen LogP contribution in [0.5, 0.6) is 0 Å². The number of alkyl carbamates (subject to hydrolysis) is 1. The summed E-state index contributed by atoms with van der Waals surface area (Å²) in [5, 5.41) is 16.4. The molecule has 1 saturated heterocycles. The Kier molecular flexibility index (Phi) is 19.7. The Balaban J connectivity index is 0.969. The van der Waals surface area contributed by atoms with E-state index in [1.54, 1.807) is 74.8 Å². The number of amides is 9. The Morgan fingerprint density at radius 1 is 0.836 bits per heavy atom. The smallest absolute Gasteiger partial charge is 0.407 e. The maximum Gasteiger partial charge on any atom is 0.407 e. The first-order valence-electron chi connectivity index (χ1n) is 23.9. The number of nitrogens with two attached hydrogens (primary N) is 2. The van der Waals surface area contributed by atoms with Gasteiger partial charge in [-0.2, -0.15) is 0 Å².